The van der Waals surface area contributed by atoms with Crippen LogP contribution in [0.3, 0.4) is 0 Å². The molecule has 1 aliphatic rings. The number of rotatable bonds is 5. The summed E-state index contributed by atoms with van der Waals surface area (Å²) in [6.07, 6.45) is 5.88. The van der Waals surface area contributed by atoms with E-state index in [9.17, 15) is 5.11 Å². The molecule has 1 aromatic heterocycles. The molecule has 0 spiro atoms. The molecule has 1 aromatic carbocycles. The zero-order valence-corrected chi connectivity index (χ0v) is 11.1. The van der Waals surface area contributed by atoms with Gasteiger partial charge in [-0.25, -0.2) is 4.98 Å². The number of benzene rings is 1. The molecule has 100 valence electrons. The quantitative estimate of drug-likeness (QED) is 0.866. The highest BCUT2D eigenvalue weighted by molar-refractivity contribution is 5.52. The lowest BCUT2D eigenvalue weighted by Crippen LogP contribution is -2.08. The van der Waals surface area contributed by atoms with Crippen LogP contribution in [0.15, 0.2) is 36.8 Å². The molecule has 0 amide bonds. The SMILES string of the molecule is CC(O)c1ccccc1NCc1cncn1C1CC1. The number of imidazole rings is 1. The standard InChI is InChI=1S/C15H19N3O/c1-11(19)14-4-2-3-5-15(14)17-9-13-8-16-10-18(13)12-6-7-12/h2-5,8,10-12,17,19H,6-7,9H2,1H3. The summed E-state index contributed by atoms with van der Waals surface area (Å²) in [4.78, 5) is 4.23. The van der Waals surface area contributed by atoms with Gasteiger partial charge in [0.25, 0.3) is 0 Å². The molecule has 1 heterocycles. The van der Waals surface area contributed by atoms with E-state index in [0.717, 1.165) is 17.8 Å². The first-order chi connectivity index (χ1) is 9.25. The van der Waals surface area contributed by atoms with Crippen LogP contribution in [-0.2, 0) is 6.54 Å². The number of anilines is 1. The van der Waals surface area contributed by atoms with E-state index in [0.29, 0.717) is 6.04 Å². The lowest BCUT2D eigenvalue weighted by molar-refractivity contribution is 0.200. The van der Waals surface area contributed by atoms with Crippen LogP contribution in [0.5, 0.6) is 0 Å². The summed E-state index contributed by atoms with van der Waals surface area (Å²) in [7, 11) is 0. The lowest BCUT2D eigenvalue weighted by atomic mass is 10.1. The van der Waals surface area contributed by atoms with E-state index in [-0.39, 0.29) is 0 Å². The number of para-hydroxylation sites is 1. The first kappa shape index (κ1) is 12.2. The summed E-state index contributed by atoms with van der Waals surface area (Å²) in [6.45, 7) is 2.52. The van der Waals surface area contributed by atoms with Gasteiger partial charge < -0.3 is 15.0 Å². The normalized spacial score (nSPS) is 16.3. The smallest absolute Gasteiger partial charge is 0.0951 e. The molecule has 1 unspecified atom stereocenters. The number of nitrogens with zero attached hydrogens (tertiary/aromatic N) is 2. The van der Waals surface area contributed by atoms with Gasteiger partial charge in [-0.2, -0.15) is 0 Å². The summed E-state index contributed by atoms with van der Waals surface area (Å²) < 4.78 is 2.25. The fourth-order valence-electron chi connectivity index (χ4n) is 2.36. The third kappa shape index (κ3) is 2.63. The second-order valence-electron chi connectivity index (χ2n) is 5.14. The van der Waals surface area contributed by atoms with Gasteiger partial charge in [0.2, 0.25) is 0 Å². The fourth-order valence-corrected chi connectivity index (χ4v) is 2.36. The van der Waals surface area contributed by atoms with Gasteiger partial charge in [0.05, 0.1) is 24.7 Å². The van der Waals surface area contributed by atoms with E-state index in [4.69, 9.17) is 0 Å². The predicted molar refractivity (Wildman–Crippen MR) is 74.9 cm³/mol. The van der Waals surface area contributed by atoms with Crippen molar-refractivity contribution in [3.63, 3.8) is 0 Å². The number of nitrogens with one attached hydrogen (secondary N) is 1. The van der Waals surface area contributed by atoms with Crippen LogP contribution in [0.25, 0.3) is 0 Å². The summed E-state index contributed by atoms with van der Waals surface area (Å²) in [6, 6.07) is 8.52. The van der Waals surface area contributed by atoms with Crippen molar-refractivity contribution in [3.05, 3.63) is 48.0 Å². The molecule has 1 fully saturated rings. The summed E-state index contributed by atoms with van der Waals surface area (Å²) in [5, 5.41) is 13.2. The summed E-state index contributed by atoms with van der Waals surface area (Å²) in [5.41, 5.74) is 3.11. The van der Waals surface area contributed by atoms with Gasteiger partial charge in [-0.3, -0.25) is 0 Å². The molecule has 1 aliphatic carbocycles. The molecule has 0 saturated heterocycles. The molecule has 3 rings (SSSR count). The van der Waals surface area contributed by atoms with Crippen molar-refractivity contribution in [1.29, 1.82) is 0 Å². The van der Waals surface area contributed by atoms with Crippen molar-refractivity contribution >= 4 is 5.69 Å². The maximum atomic E-state index is 9.76. The largest absolute Gasteiger partial charge is 0.389 e. The summed E-state index contributed by atoms with van der Waals surface area (Å²) in [5.74, 6) is 0. The fraction of sp³-hybridized carbons (Fsp3) is 0.400. The maximum absolute atomic E-state index is 9.76. The zero-order chi connectivity index (χ0) is 13.2. The Hall–Kier alpha value is -1.81. The minimum Gasteiger partial charge on any atom is -0.389 e. The Morgan fingerprint density at radius 1 is 1.42 bits per heavy atom. The highest BCUT2D eigenvalue weighted by atomic mass is 16.3. The van der Waals surface area contributed by atoms with Gasteiger partial charge >= 0.3 is 0 Å². The highest BCUT2D eigenvalue weighted by Crippen LogP contribution is 2.35. The Morgan fingerprint density at radius 3 is 2.95 bits per heavy atom. The van der Waals surface area contributed by atoms with Crippen molar-refractivity contribution in [3.8, 4) is 0 Å². The molecular weight excluding hydrogens is 238 g/mol. The number of hydrogen-bond acceptors (Lipinski definition) is 3. The number of hydrogen-bond donors (Lipinski definition) is 2. The molecule has 4 nitrogen and oxygen atoms in total. The number of aliphatic hydroxyl groups excluding tert-OH is 1. The van der Waals surface area contributed by atoms with Gasteiger partial charge in [-0.15, -0.1) is 0 Å². The molecule has 2 N–H and O–H groups in total. The third-order valence-corrected chi connectivity index (χ3v) is 3.56. The van der Waals surface area contributed by atoms with Gasteiger partial charge in [0.15, 0.2) is 0 Å². The minimum atomic E-state index is -0.461. The minimum absolute atomic E-state index is 0.461. The van der Waals surface area contributed by atoms with Crippen molar-refractivity contribution in [1.82, 2.24) is 9.55 Å². The topological polar surface area (TPSA) is 50.1 Å². The highest BCUT2D eigenvalue weighted by Gasteiger charge is 2.25. The van der Waals surface area contributed by atoms with E-state index in [2.05, 4.69) is 14.9 Å². The van der Waals surface area contributed by atoms with Crippen LogP contribution < -0.4 is 5.32 Å². The second kappa shape index (κ2) is 5.05. The monoisotopic (exact) mass is 257 g/mol. The van der Waals surface area contributed by atoms with Crippen LogP contribution in [0, 0.1) is 0 Å². The van der Waals surface area contributed by atoms with Gasteiger partial charge in [0.1, 0.15) is 0 Å². The van der Waals surface area contributed by atoms with Crippen LogP contribution in [0.2, 0.25) is 0 Å². The van der Waals surface area contributed by atoms with E-state index in [1.807, 2.05) is 36.8 Å². The van der Waals surface area contributed by atoms with Gasteiger partial charge in [0, 0.05) is 23.5 Å². The van der Waals surface area contributed by atoms with Gasteiger partial charge in [-0.1, -0.05) is 18.2 Å². The Labute approximate surface area is 113 Å². The van der Waals surface area contributed by atoms with Crippen LogP contribution in [0.1, 0.15) is 43.2 Å². The Balaban J connectivity index is 1.73. The van der Waals surface area contributed by atoms with Crippen LogP contribution in [-0.4, -0.2) is 14.7 Å². The predicted octanol–water partition coefficient (Wildman–Crippen LogP) is 2.88. The van der Waals surface area contributed by atoms with Crippen molar-refractivity contribution in [2.24, 2.45) is 0 Å². The maximum Gasteiger partial charge on any atom is 0.0951 e. The molecule has 0 radical (unpaired) electrons. The average molecular weight is 257 g/mol. The van der Waals surface area contributed by atoms with Crippen molar-refractivity contribution in [2.45, 2.75) is 38.5 Å². The molecule has 1 saturated carbocycles. The van der Waals surface area contributed by atoms with E-state index in [1.165, 1.54) is 18.5 Å². The molecule has 0 bridgehead atoms. The molecule has 1 atom stereocenters. The average Bonchev–Trinajstić information content (AvgIpc) is 3.15. The third-order valence-electron chi connectivity index (χ3n) is 3.56. The lowest BCUT2D eigenvalue weighted by Gasteiger charge is -2.14. The second-order valence-corrected chi connectivity index (χ2v) is 5.14. The van der Waals surface area contributed by atoms with Crippen LogP contribution >= 0.6 is 0 Å². The van der Waals surface area contributed by atoms with Crippen LogP contribution in [0.4, 0.5) is 5.69 Å². The first-order valence-corrected chi connectivity index (χ1v) is 6.77. The molecule has 2 aromatic rings. The Kier molecular flexibility index (Phi) is 3.25. The molecule has 0 aliphatic heterocycles. The number of aromatic nitrogens is 2. The molecule has 4 heteroatoms. The van der Waals surface area contributed by atoms with Gasteiger partial charge in [-0.05, 0) is 25.8 Å². The van der Waals surface area contributed by atoms with E-state index >= 15 is 0 Å². The Bertz CT molecular complexity index is 558. The molecular formula is C15H19N3O. The number of aliphatic hydroxyl groups is 1. The van der Waals surface area contributed by atoms with E-state index < -0.39 is 6.10 Å². The molecule has 19 heavy (non-hydrogen) atoms. The Morgan fingerprint density at radius 2 is 2.21 bits per heavy atom. The van der Waals surface area contributed by atoms with E-state index in [1.54, 1.807) is 6.92 Å². The first-order valence-electron chi connectivity index (χ1n) is 6.77. The summed E-state index contributed by atoms with van der Waals surface area (Å²) >= 11 is 0. The van der Waals surface area contributed by atoms with Crippen molar-refractivity contribution < 1.29 is 5.11 Å². The zero-order valence-electron chi connectivity index (χ0n) is 11.1. The van der Waals surface area contributed by atoms with Crippen molar-refractivity contribution in [2.75, 3.05) is 5.32 Å².